The molecule has 0 aliphatic rings. The molecule has 0 bridgehead atoms. The molecule has 0 aliphatic carbocycles. The number of hydrogen-bond donors (Lipinski definition) is 2. The average molecular weight is 180 g/mol. The quantitative estimate of drug-likeness (QED) is 0.691. The number of para-hydroxylation sites is 1. The van der Waals surface area contributed by atoms with Crippen molar-refractivity contribution in [1.82, 2.24) is 5.32 Å². The molecule has 2 nitrogen and oxygen atoms in total. The third kappa shape index (κ3) is 2.29. The summed E-state index contributed by atoms with van der Waals surface area (Å²) in [5.74, 6) is 0. The number of nitrogens with one attached hydrogen (secondary N) is 2. The first-order valence-electron chi connectivity index (χ1n) is 3.81. The van der Waals surface area contributed by atoms with Crippen molar-refractivity contribution in [3.8, 4) is 0 Å². The minimum absolute atomic E-state index is 0.854. The van der Waals surface area contributed by atoms with Gasteiger partial charge in [-0.15, -0.1) is 0 Å². The van der Waals surface area contributed by atoms with Gasteiger partial charge in [0.2, 0.25) is 0 Å². The minimum atomic E-state index is 0.854. The molecule has 64 valence electrons. The van der Waals surface area contributed by atoms with Crippen molar-refractivity contribution in [2.24, 2.45) is 0 Å². The van der Waals surface area contributed by atoms with Crippen LogP contribution < -0.4 is 10.6 Å². The lowest BCUT2D eigenvalue weighted by Gasteiger charge is -2.06. The highest BCUT2D eigenvalue weighted by atomic mass is 32.1. The van der Waals surface area contributed by atoms with E-state index in [0.717, 1.165) is 12.2 Å². The van der Waals surface area contributed by atoms with Crippen LogP contribution in [0.1, 0.15) is 5.56 Å². The van der Waals surface area contributed by atoms with Crippen LogP contribution in [-0.4, -0.2) is 12.5 Å². The van der Waals surface area contributed by atoms with Crippen LogP contribution in [-0.2, 0) is 6.54 Å². The predicted molar refractivity (Wildman–Crippen MR) is 56.5 cm³/mol. The van der Waals surface area contributed by atoms with Crippen molar-refractivity contribution in [3.63, 3.8) is 0 Å². The summed E-state index contributed by atoms with van der Waals surface area (Å²) in [5.41, 5.74) is 3.82. The van der Waals surface area contributed by atoms with E-state index in [9.17, 15) is 0 Å². The first-order valence-corrected chi connectivity index (χ1v) is 4.28. The van der Waals surface area contributed by atoms with E-state index in [1.165, 1.54) is 11.1 Å². The molecule has 0 radical (unpaired) electrons. The van der Waals surface area contributed by atoms with E-state index in [2.05, 4.69) is 16.7 Å². The van der Waals surface area contributed by atoms with Gasteiger partial charge in [-0.25, -0.2) is 0 Å². The molecule has 0 saturated carbocycles. The number of benzene rings is 1. The largest absolute Gasteiger partial charge is 0.352 e. The standard InChI is InChI=1S/C9H12N2S/c1-10-6-8-4-2-3-5-9(8)11-7-12/h2-5,7,10H,6H2,1H3,(H,11,12). The summed E-state index contributed by atoms with van der Waals surface area (Å²) in [4.78, 5) is 0. The maximum absolute atomic E-state index is 4.72. The molecule has 0 unspecified atom stereocenters. The van der Waals surface area contributed by atoms with Crippen LogP contribution in [0, 0.1) is 0 Å². The molecule has 12 heavy (non-hydrogen) atoms. The second-order valence-corrected chi connectivity index (χ2v) is 2.69. The van der Waals surface area contributed by atoms with Gasteiger partial charge in [0.15, 0.2) is 0 Å². The number of thiocarbonyl (C=S) groups is 1. The van der Waals surface area contributed by atoms with Gasteiger partial charge in [-0.3, -0.25) is 0 Å². The van der Waals surface area contributed by atoms with E-state index >= 15 is 0 Å². The lowest BCUT2D eigenvalue weighted by atomic mass is 10.2. The highest BCUT2D eigenvalue weighted by molar-refractivity contribution is 7.79. The zero-order valence-electron chi connectivity index (χ0n) is 7.00. The summed E-state index contributed by atoms with van der Waals surface area (Å²) in [5, 5.41) is 6.11. The van der Waals surface area contributed by atoms with E-state index in [1.54, 1.807) is 0 Å². The van der Waals surface area contributed by atoms with Crippen molar-refractivity contribution in [2.45, 2.75) is 6.54 Å². The summed E-state index contributed by atoms with van der Waals surface area (Å²) < 4.78 is 0. The summed E-state index contributed by atoms with van der Waals surface area (Å²) in [7, 11) is 1.92. The SMILES string of the molecule is CNCc1ccccc1NC=S. The van der Waals surface area contributed by atoms with Crippen LogP contribution in [0.5, 0.6) is 0 Å². The molecule has 0 spiro atoms. The van der Waals surface area contributed by atoms with Crippen LogP contribution in [0.3, 0.4) is 0 Å². The summed E-state index contributed by atoms with van der Waals surface area (Å²) in [6, 6.07) is 8.08. The Bertz CT molecular complexity index is 260. The Morgan fingerprint density at radius 3 is 2.83 bits per heavy atom. The molecule has 1 rings (SSSR count). The Balaban J connectivity index is 2.83. The van der Waals surface area contributed by atoms with Gasteiger partial charge < -0.3 is 10.6 Å². The van der Waals surface area contributed by atoms with Crippen molar-refractivity contribution in [3.05, 3.63) is 29.8 Å². The molecule has 0 heterocycles. The van der Waals surface area contributed by atoms with Crippen LogP contribution >= 0.6 is 12.2 Å². The van der Waals surface area contributed by atoms with E-state index in [1.807, 2.05) is 25.2 Å². The van der Waals surface area contributed by atoms with Crippen LogP contribution in [0.2, 0.25) is 0 Å². The van der Waals surface area contributed by atoms with Gasteiger partial charge >= 0.3 is 0 Å². The molecule has 0 aromatic heterocycles. The van der Waals surface area contributed by atoms with Crippen molar-refractivity contribution >= 4 is 23.4 Å². The topological polar surface area (TPSA) is 24.1 Å². The van der Waals surface area contributed by atoms with E-state index in [4.69, 9.17) is 12.2 Å². The van der Waals surface area contributed by atoms with Gasteiger partial charge in [-0.05, 0) is 18.7 Å². The molecule has 1 aromatic rings. The third-order valence-corrected chi connectivity index (χ3v) is 1.72. The molecule has 0 aliphatic heterocycles. The molecule has 0 amide bonds. The fourth-order valence-electron chi connectivity index (χ4n) is 1.07. The van der Waals surface area contributed by atoms with Gasteiger partial charge in [0, 0.05) is 12.2 Å². The lowest BCUT2D eigenvalue weighted by molar-refractivity contribution is 0.820. The highest BCUT2D eigenvalue weighted by Crippen LogP contribution is 2.13. The Hall–Kier alpha value is -0.930. The van der Waals surface area contributed by atoms with Gasteiger partial charge in [-0.1, -0.05) is 30.4 Å². The molecule has 3 heteroatoms. The third-order valence-electron chi connectivity index (χ3n) is 1.60. The molecular weight excluding hydrogens is 168 g/mol. The van der Waals surface area contributed by atoms with Crippen molar-refractivity contribution < 1.29 is 0 Å². The first-order chi connectivity index (χ1) is 5.88. The van der Waals surface area contributed by atoms with Crippen LogP contribution in [0.15, 0.2) is 24.3 Å². The molecular formula is C9H12N2S. The van der Waals surface area contributed by atoms with Gasteiger partial charge in [0.25, 0.3) is 0 Å². The highest BCUT2D eigenvalue weighted by Gasteiger charge is 1.96. The number of hydrogen-bond acceptors (Lipinski definition) is 2. The van der Waals surface area contributed by atoms with E-state index in [-0.39, 0.29) is 0 Å². The molecule has 0 fully saturated rings. The van der Waals surface area contributed by atoms with Gasteiger partial charge in [0.05, 0.1) is 5.49 Å². The normalized spacial score (nSPS) is 9.42. The number of rotatable bonds is 4. The Morgan fingerprint density at radius 1 is 1.42 bits per heavy atom. The van der Waals surface area contributed by atoms with Crippen LogP contribution in [0.25, 0.3) is 0 Å². The smallest absolute Gasteiger partial charge is 0.0659 e. The minimum Gasteiger partial charge on any atom is -0.352 e. The summed E-state index contributed by atoms with van der Waals surface area (Å²) in [6.45, 7) is 0.854. The Morgan fingerprint density at radius 2 is 2.17 bits per heavy atom. The fraction of sp³-hybridized carbons (Fsp3) is 0.222. The monoisotopic (exact) mass is 180 g/mol. The summed E-state index contributed by atoms with van der Waals surface area (Å²) >= 11 is 4.72. The maximum atomic E-state index is 4.72. The lowest BCUT2D eigenvalue weighted by Crippen LogP contribution is -2.07. The second kappa shape index (κ2) is 4.85. The second-order valence-electron chi connectivity index (χ2n) is 2.45. The zero-order chi connectivity index (χ0) is 8.81. The fourth-order valence-corrected chi connectivity index (χ4v) is 1.20. The molecule has 0 saturated heterocycles. The Labute approximate surface area is 78.0 Å². The Kier molecular flexibility index (Phi) is 3.70. The predicted octanol–water partition coefficient (Wildman–Crippen LogP) is 1.78. The maximum Gasteiger partial charge on any atom is 0.0659 e. The zero-order valence-corrected chi connectivity index (χ0v) is 7.82. The van der Waals surface area contributed by atoms with Crippen molar-refractivity contribution in [2.75, 3.05) is 12.4 Å². The van der Waals surface area contributed by atoms with Crippen LogP contribution in [0.4, 0.5) is 5.69 Å². The molecule has 2 N–H and O–H groups in total. The van der Waals surface area contributed by atoms with Crippen molar-refractivity contribution in [1.29, 1.82) is 0 Å². The molecule has 0 atom stereocenters. The number of anilines is 1. The average Bonchev–Trinajstić information content (AvgIpc) is 2.09. The summed E-state index contributed by atoms with van der Waals surface area (Å²) in [6.07, 6.45) is 0. The van der Waals surface area contributed by atoms with Gasteiger partial charge in [0.1, 0.15) is 0 Å². The van der Waals surface area contributed by atoms with E-state index in [0.29, 0.717) is 0 Å². The molecule has 1 aromatic carbocycles. The van der Waals surface area contributed by atoms with E-state index < -0.39 is 0 Å². The first kappa shape index (κ1) is 9.16. The van der Waals surface area contributed by atoms with Gasteiger partial charge in [-0.2, -0.15) is 0 Å².